The molecular formula is C14H15ClN2O3. The van der Waals surface area contributed by atoms with Crippen LogP contribution >= 0.6 is 11.6 Å². The second-order valence-corrected chi connectivity index (χ2v) is 4.88. The number of benzene rings is 1. The molecule has 0 fully saturated rings. The van der Waals surface area contributed by atoms with Gasteiger partial charge in [0.25, 0.3) is 5.91 Å². The average molecular weight is 295 g/mol. The smallest absolute Gasteiger partial charge is 0.266 e. The van der Waals surface area contributed by atoms with Crippen LogP contribution in [0.5, 0.6) is 5.75 Å². The number of nitrogens with one attached hydrogen (secondary N) is 1. The topological polar surface area (TPSA) is 64.4 Å². The molecule has 1 aromatic heterocycles. The highest BCUT2D eigenvalue weighted by Gasteiger charge is 2.16. The van der Waals surface area contributed by atoms with E-state index in [0.29, 0.717) is 16.6 Å². The van der Waals surface area contributed by atoms with Gasteiger partial charge in [0.05, 0.1) is 0 Å². The van der Waals surface area contributed by atoms with Crippen molar-refractivity contribution in [2.75, 3.05) is 5.32 Å². The lowest BCUT2D eigenvalue weighted by Crippen LogP contribution is -2.30. The van der Waals surface area contributed by atoms with E-state index in [9.17, 15) is 4.79 Å². The largest absolute Gasteiger partial charge is 0.481 e. The van der Waals surface area contributed by atoms with Crippen LogP contribution in [0.4, 0.5) is 5.82 Å². The minimum Gasteiger partial charge on any atom is -0.481 e. The maximum atomic E-state index is 11.9. The van der Waals surface area contributed by atoms with Crippen molar-refractivity contribution in [1.82, 2.24) is 5.16 Å². The number of hydrogen-bond donors (Lipinski definition) is 1. The number of nitrogens with zero attached hydrogens (tertiary/aromatic N) is 1. The predicted molar refractivity (Wildman–Crippen MR) is 76.1 cm³/mol. The fraction of sp³-hybridized carbons (Fsp3) is 0.286. The zero-order valence-corrected chi connectivity index (χ0v) is 12.2. The van der Waals surface area contributed by atoms with Gasteiger partial charge in [-0.2, -0.15) is 0 Å². The monoisotopic (exact) mass is 294 g/mol. The summed E-state index contributed by atoms with van der Waals surface area (Å²) in [5, 5.41) is 6.90. The summed E-state index contributed by atoms with van der Waals surface area (Å²) in [6.45, 7) is 5.44. The van der Waals surface area contributed by atoms with Gasteiger partial charge in [0, 0.05) is 11.1 Å². The van der Waals surface area contributed by atoms with Crippen LogP contribution in [0.15, 0.2) is 29.0 Å². The van der Waals surface area contributed by atoms with E-state index in [-0.39, 0.29) is 5.91 Å². The number of carbonyl (C=O) groups is 1. The SMILES string of the molecule is Cc1cc(O[C@H](C)C(=O)Nc2ccon2)cc(C)c1Cl. The summed E-state index contributed by atoms with van der Waals surface area (Å²) in [7, 11) is 0. The van der Waals surface area contributed by atoms with Gasteiger partial charge in [-0.05, 0) is 44.0 Å². The zero-order chi connectivity index (χ0) is 14.7. The Morgan fingerprint density at radius 1 is 1.40 bits per heavy atom. The fourth-order valence-electron chi connectivity index (χ4n) is 1.74. The molecule has 5 nitrogen and oxygen atoms in total. The molecule has 2 rings (SSSR count). The summed E-state index contributed by atoms with van der Waals surface area (Å²) < 4.78 is 10.3. The number of rotatable bonds is 4. The van der Waals surface area contributed by atoms with Gasteiger partial charge in [-0.3, -0.25) is 4.79 Å². The van der Waals surface area contributed by atoms with E-state index in [1.807, 2.05) is 13.8 Å². The van der Waals surface area contributed by atoms with Crippen molar-refractivity contribution >= 4 is 23.3 Å². The Hall–Kier alpha value is -2.01. The van der Waals surface area contributed by atoms with E-state index in [4.69, 9.17) is 16.3 Å². The molecule has 0 bridgehead atoms. The molecule has 0 unspecified atom stereocenters. The minimum atomic E-state index is -0.660. The van der Waals surface area contributed by atoms with Crippen LogP contribution in [-0.2, 0) is 4.79 Å². The Morgan fingerprint density at radius 2 is 2.05 bits per heavy atom. The first-order chi connectivity index (χ1) is 9.47. The molecule has 2 aromatic rings. The number of hydrogen-bond acceptors (Lipinski definition) is 4. The first-order valence-corrected chi connectivity index (χ1v) is 6.50. The molecule has 1 N–H and O–H groups in total. The van der Waals surface area contributed by atoms with E-state index in [2.05, 4.69) is 15.0 Å². The lowest BCUT2D eigenvalue weighted by atomic mass is 10.1. The molecule has 20 heavy (non-hydrogen) atoms. The fourth-order valence-corrected chi connectivity index (χ4v) is 1.85. The first-order valence-electron chi connectivity index (χ1n) is 6.12. The van der Waals surface area contributed by atoms with E-state index >= 15 is 0 Å². The minimum absolute atomic E-state index is 0.302. The van der Waals surface area contributed by atoms with Gasteiger partial charge in [-0.1, -0.05) is 16.8 Å². The highest BCUT2D eigenvalue weighted by Crippen LogP contribution is 2.26. The van der Waals surface area contributed by atoms with Crippen molar-refractivity contribution in [3.05, 3.63) is 40.6 Å². The number of anilines is 1. The predicted octanol–water partition coefficient (Wildman–Crippen LogP) is 3.35. The van der Waals surface area contributed by atoms with Gasteiger partial charge in [-0.25, -0.2) is 0 Å². The molecule has 0 aliphatic carbocycles. The van der Waals surface area contributed by atoms with Crippen molar-refractivity contribution < 1.29 is 14.1 Å². The van der Waals surface area contributed by atoms with Crippen LogP contribution in [-0.4, -0.2) is 17.2 Å². The molecule has 6 heteroatoms. The third-order valence-corrected chi connectivity index (χ3v) is 3.38. The number of amides is 1. The standard InChI is InChI=1S/C14H15ClN2O3/c1-8-6-11(7-9(2)13(8)15)20-10(3)14(18)16-12-4-5-19-17-12/h4-7,10H,1-3H3,(H,16,17,18)/t10-/m1/s1. The molecule has 0 saturated carbocycles. The third-order valence-electron chi connectivity index (χ3n) is 2.78. The molecule has 0 aliphatic heterocycles. The molecule has 0 radical (unpaired) electrons. The van der Waals surface area contributed by atoms with Crippen molar-refractivity contribution in [1.29, 1.82) is 0 Å². The summed E-state index contributed by atoms with van der Waals surface area (Å²) in [5.41, 5.74) is 1.82. The molecule has 0 saturated heterocycles. The number of halogens is 1. The highest BCUT2D eigenvalue weighted by atomic mass is 35.5. The summed E-state index contributed by atoms with van der Waals surface area (Å²) >= 11 is 6.09. The number of carbonyl (C=O) groups excluding carboxylic acids is 1. The number of aromatic nitrogens is 1. The number of ether oxygens (including phenoxy) is 1. The lowest BCUT2D eigenvalue weighted by molar-refractivity contribution is -0.122. The van der Waals surface area contributed by atoms with Gasteiger partial charge < -0.3 is 14.6 Å². The molecule has 0 aliphatic rings. The Balaban J connectivity index is 2.04. The normalized spacial score (nSPS) is 12.0. The second-order valence-electron chi connectivity index (χ2n) is 4.51. The van der Waals surface area contributed by atoms with Crippen LogP contribution in [0.3, 0.4) is 0 Å². The van der Waals surface area contributed by atoms with Crippen molar-refractivity contribution in [3.63, 3.8) is 0 Å². The van der Waals surface area contributed by atoms with Gasteiger partial charge in [-0.15, -0.1) is 0 Å². The Kier molecular flexibility index (Phi) is 4.29. The molecule has 1 amide bonds. The van der Waals surface area contributed by atoms with Gasteiger partial charge in [0.1, 0.15) is 12.0 Å². The van der Waals surface area contributed by atoms with Crippen LogP contribution in [0.25, 0.3) is 0 Å². The summed E-state index contributed by atoms with van der Waals surface area (Å²) in [6, 6.07) is 5.16. The quantitative estimate of drug-likeness (QED) is 0.939. The van der Waals surface area contributed by atoms with E-state index < -0.39 is 6.10 Å². The van der Waals surface area contributed by atoms with Crippen molar-refractivity contribution in [3.8, 4) is 5.75 Å². The summed E-state index contributed by atoms with van der Waals surface area (Å²) in [6.07, 6.45) is 0.722. The van der Waals surface area contributed by atoms with Crippen LogP contribution in [0.2, 0.25) is 5.02 Å². The van der Waals surface area contributed by atoms with Crippen molar-refractivity contribution in [2.24, 2.45) is 0 Å². The van der Waals surface area contributed by atoms with Gasteiger partial charge in [0.2, 0.25) is 0 Å². The maximum Gasteiger partial charge on any atom is 0.266 e. The van der Waals surface area contributed by atoms with Gasteiger partial charge in [0.15, 0.2) is 11.9 Å². The number of aryl methyl sites for hydroxylation is 2. The third kappa shape index (κ3) is 3.30. The van der Waals surface area contributed by atoms with E-state index in [1.54, 1.807) is 25.1 Å². The van der Waals surface area contributed by atoms with Crippen LogP contribution < -0.4 is 10.1 Å². The maximum absolute atomic E-state index is 11.9. The lowest BCUT2D eigenvalue weighted by Gasteiger charge is -2.15. The Morgan fingerprint density at radius 3 is 2.60 bits per heavy atom. The summed E-state index contributed by atoms with van der Waals surface area (Å²) in [5.74, 6) is 0.658. The second kappa shape index (κ2) is 5.96. The Labute approximate surface area is 121 Å². The van der Waals surface area contributed by atoms with Crippen molar-refractivity contribution in [2.45, 2.75) is 26.9 Å². The molecule has 106 valence electrons. The highest BCUT2D eigenvalue weighted by molar-refractivity contribution is 6.32. The first kappa shape index (κ1) is 14.4. The van der Waals surface area contributed by atoms with Crippen LogP contribution in [0.1, 0.15) is 18.1 Å². The molecule has 1 aromatic carbocycles. The Bertz CT molecular complexity index is 588. The average Bonchev–Trinajstić information content (AvgIpc) is 2.88. The van der Waals surface area contributed by atoms with Gasteiger partial charge >= 0.3 is 0 Å². The molecular weight excluding hydrogens is 280 g/mol. The molecule has 1 heterocycles. The van der Waals surface area contributed by atoms with Crippen LogP contribution in [0, 0.1) is 13.8 Å². The molecule has 1 atom stereocenters. The molecule has 0 spiro atoms. The summed E-state index contributed by atoms with van der Waals surface area (Å²) in [4.78, 5) is 11.9. The van der Waals surface area contributed by atoms with E-state index in [0.717, 1.165) is 11.1 Å². The van der Waals surface area contributed by atoms with E-state index in [1.165, 1.54) is 6.26 Å². The zero-order valence-electron chi connectivity index (χ0n) is 11.4.